The molecule has 0 aliphatic heterocycles. The van der Waals surface area contributed by atoms with Crippen molar-refractivity contribution in [2.45, 2.75) is 26.1 Å². The van der Waals surface area contributed by atoms with Gasteiger partial charge in [0, 0.05) is 18.0 Å². The number of para-hydroxylation sites is 1. The largest absolute Gasteiger partial charge is 0.454 e. The molecule has 0 spiro atoms. The fourth-order valence-electron chi connectivity index (χ4n) is 1.63. The Hall–Kier alpha value is -2.31. The number of halogens is 3. The number of carbonyl (C=O) groups is 2. The monoisotopic (exact) mass is 314 g/mol. The van der Waals surface area contributed by atoms with E-state index in [0.29, 0.717) is 11.8 Å². The highest BCUT2D eigenvalue weighted by Gasteiger charge is 2.36. The van der Waals surface area contributed by atoms with E-state index < -0.39 is 23.9 Å². The first kappa shape index (κ1) is 17.7. The van der Waals surface area contributed by atoms with E-state index in [4.69, 9.17) is 0 Å². The first-order valence-corrected chi connectivity index (χ1v) is 6.61. The highest BCUT2D eigenvalue weighted by atomic mass is 19.4. The van der Waals surface area contributed by atoms with Crippen molar-refractivity contribution < 1.29 is 22.8 Å². The molecule has 22 heavy (non-hydrogen) atoms. The van der Waals surface area contributed by atoms with Crippen molar-refractivity contribution in [2.75, 3.05) is 5.32 Å². The summed E-state index contributed by atoms with van der Waals surface area (Å²) in [5.74, 6) is -2.56. The van der Waals surface area contributed by atoms with Crippen LogP contribution >= 0.6 is 0 Å². The van der Waals surface area contributed by atoms with Gasteiger partial charge in [0.15, 0.2) is 0 Å². The molecular formula is C15H17F3N2O2. The molecule has 1 amide bonds. The molecule has 0 saturated carbocycles. The van der Waals surface area contributed by atoms with E-state index in [1.807, 2.05) is 0 Å². The third-order valence-electron chi connectivity index (χ3n) is 2.78. The standard InChI is InChI=1S/C15H17F3N2O2/c1-10(2)13(19-9-8-12(21)15(16,17)18)14(22)20-11-6-4-3-5-7-11/h3-10,13,19H,1-2H3,(H,20,22)/b9-8+. The lowest BCUT2D eigenvalue weighted by Crippen LogP contribution is -2.42. The predicted molar refractivity (Wildman–Crippen MR) is 77.0 cm³/mol. The molecule has 0 aromatic heterocycles. The zero-order valence-electron chi connectivity index (χ0n) is 12.1. The van der Waals surface area contributed by atoms with E-state index in [1.54, 1.807) is 44.2 Å². The van der Waals surface area contributed by atoms with Crippen LogP contribution in [0.2, 0.25) is 0 Å². The third-order valence-corrected chi connectivity index (χ3v) is 2.78. The third kappa shape index (κ3) is 5.59. The second-order valence-corrected chi connectivity index (χ2v) is 4.94. The molecule has 1 aromatic carbocycles. The van der Waals surface area contributed by atoms with Crippen LogP contribution in [0.4, 0.5) is 18.9 Å². The van der Waals surface area contributed by atoms with Gasteiger partial charge in [-0.25, -0.2) is 0 Å². The second-order valence-electron chi connectivity index (χ2n) is 4.94. The van der Waals surface area contributed by atoms with Gasteiger partial charge in [0.05, 0.1) is 0 Å². The Kier molecular flexibility index (Phi) is 6.15. The lowest BCUT2D eigenvalue weighted by molar-refractivity contribution is -0.165. The SMILES string of the molecule is CC(C)C(N/C=C/C(=O)C(F)(F)F)C(=O)Nc1ccccc1. The van der Waals surface area contributed by atoms with Gasteiger partial charge in [-0.15, -0.1) is 0 Å². The van der Waals surface area contributed by atoms with E-state index in [1.165, 1.54) is 0 Å². The Morgan fingerprint density at radius 2 is 1.73 bits per heavy atom. The second kappa shape index (κ2) is 7.63. The van der Waals surface area contributed by atoms with E-state index in [0.717, 1.165) is 6.20 Å². The van der Waals surface area contributed by atoms with Crippen LogP contribution in [-0.2, 0) is 9.59 Å². The summed E-state index contributed by atoms with van der Waals surface area (Å²) < 4.78 is 36.2. The molecule has 0 aliphatic rings. The predicted octanol–water partition coefficient (Wildman–Crippen LogP) is 2.88. The summed E-state index contributed by atoms with van der Waals surface area (Å²) in [6, 6.07) is 7.90. The molecule has 2 N–H and O–H groups in total. The molecule has 0 radical (unpaired) electrons. The molecule has 7 heteroatoms. The number of rotatable bonds is 6. The van der Waals surface area contributed by atoms with Crippen LogP contribution in [0.15, 0.2) is 42.6 Å². The Balaban J connectivity index is 2.68. The van der Waals surface area contributed by atoms with Gasteiger partial charge in [0.1, 0.15) is 6.04 Å². The van der Waals surface area contributed by atoms with Gasteiger partial charge in [-0.1, -0.05) is 32.0 Å². The van der Waals surface area contributed by atoms with Crippen LogP contribution in [0.1, 0.15) is 13.8 Å². The summed E-state index contributed by atoms with van der Waals surface area (Å²) in [4.78, 5) is 22.8. The van der Waals surface area contributed by atoms with Gasteiger partial charge < -0.3 is 10.6 Å². The van der Waals surface area contributed by atoms with E-state index >= 15 is 0 Å². The van der Waals surface area contributed by atoms with Crippen molar-refractivity contribution >= 4 is 17.4 Å². The van der Waals surface area contributed by atoms with Crippen LogP contribution < -0.4 is 10.6 Å². The van der Waals surface area contributed by atoms with Crippen molar-refractivity contribution in [3.05, 3.63) is 42.6 Å². The normalized spacial score (nSPS) is 13.2. The van der Waals surface area contributed by atoms with Crippen LogP contribution in [0.3, 0.4) is 0 Å². The fourth-order valence-corrected chi connectivity index (χ4v) is 1.63. The number of hydrogen-bond acceptors (Lipinski definition) is 3. The van der Waals surface area contributed by atoms with Gasteiger partial charge in [0.25, 0.3) is 5.78 Å². The van der Waals surface area contributed by atoms with E-state index in [2.05, 4.69) is 10.6 Å². The van der Waals surface area contributed by atoms with Crippen LogP contribution in [0, 0.1) is 5.92 Å². The number of benzene rings is 1. The van der Waals surface area contributed by atoms with Gasteiger partial charge in [-0.3, -0.25) is 9.59 Å². The maximum absolute atomic E-state index is 12.1. The van der Waals surface area contributed by atoms with Crippen molar-refractivity contribution in [2.24, 2.45) is 5.92 Å². The maximum atomic E-state index is 12.1. The molecule has 1 unspecified atom stereocenters. The van der Waals surface area contributed by atoms with E-state index in [9.17, 15) is 22.8 Å². The van der Waals surface area contributed by atoms with Crippen molar-refractivity contribution in [3.63, 3.8) is 0 Å². The summed E-state index contributed by atoms with van der Waals surface area (Å²) in [6.07, 6.45) is -3.70. The minimum absolute atomic E-state index is 0.186. The topological polar surface area (TPSA) is 58.2 Å². The maximum Gasteiger partial charge on any atom is 0.454 e. The molecule has 1 atom stereocenters. The quantitative estimate of drug-likeness (QED) is 0.794. The number of allylic oxidation sites excluding steroid dienone is 1. The van der Waals surface area contributed by atoms with E-state index in [-0.39, 0.29) is 5.92 Å². The Labute approximate surface area is 126 Å². The molecule has 120 valence electrons. The molecule has 4 nitrogen and oxygen atoms in total. The van der Waals surface area contributed by atoms with Gasteiger partial charge >= 0.3 is 6.18 Å². The smallest absolute Gasteiger partial charge is 0.379 e. The lowest BCUT2D eigenvalue weighted by atomic mass is 10.0. The lowest BCUT2D eigenvalue weighted by Gasteiger charge is -2.20. The number of alkyl halides is 3. The minimum atomic E-state index is -4.92. The zero-order valence-corrected chi connectivity index (χ0v) is 12.1. The van der Waals surface area contributed by atoms with Crippen LogP contribution in [0.25, 0.3) is 0 Å². The Morgan fingerprint density at radius 3 is 2.23 bits per heavy atom. The van der Waals surface area contributed by atoms with Gasteiger partial charge in [-0.2, -0.15) is 13.2 Å². The molecule has 0 heterocycles. The highest BCUT2D eigenvalue weighted by Crippen LogP contribution is 2.16. The highest BCUT2D eigenvalue weighted by molar-refractivity contribution is 5.96. The average Bonchev–Trinajstić information content (AvgIpc) is 2.42. The number of nitrogens with one attached hydrogen (secondary N) is 2. The van der Waals surface area contributed by atoms with Crippen molar-refractivity contribution in [3.8, 4) is 0 Å². The van der Waals surface area contributed by atoms with Crippen LogP contribution in [-0.4, -0.2) is 23.9 Å². The first-order chi connectivity index (χ1) is 10.2. The van der Waals surface area contributed by atoms with Gasteiger partial charge in [-0.05, 0) is 18.1 Å². The molecule has 0 bridgehead atoms. The average molecular weight is 314 g/mol. The molecule has 1 aromatic rings. The molecule has 0 fully saturated rings. The number of carbonyl (C=O) groups excluding carboxylic acids is 2. The van der Waals surface area contributed by atoms with Gasteiger partial charge in [0.2, 0.25) is 5.91 Å². The summed E-state index contributed by atoms with van der Waals surface area (Å²) in [5, 5.41) is 5.18. The molecule has 0 aliphatic carbocycles. The number of ketones is 1. The fraction of sp³-hybridized carbons (Fsp3) is 0.333. The molecular weight excluding hydrogens is 297 g/mol. The molecule has 1 rings (SSSR count). The first-order valence-electron chi connectivity index (χ1n) is 6.61. The summed E-state index contributed by atoms with van der Waals surface area (Å²) in [7, 11) is 0. The zero-order chi connectivity index (χ0) is 16.8. The minimum Gasteiger partial charge on any atom is -0.379 e. The summed E-state index contributed by atoms with van der Waals surface area (Å²) in [6.45, 7) is 3.48. The molecule has 0 saturated heterocycles. The Bertz CT molecular complexity index is 539. The van der Waals surface area contributed by atoms with Crippen LogP contribution in [0.5, 0.6) is 0 Å². The summed E-state index contributed by atoms with van der Waals surface area (Å²) >= 11 is 0. The summed E-state index contributed by atoms with van der Waals surface area (Å²) in [5.41, 5.74) is 0.579. The number of amides is 1. The van der Waals surface area contributed by atoms with Crippen molar-refractivity contribution in [1.82, 2.24) is 5.32 Å². The number of hydrogen-bond donors (Lipinski definition) is 2. The van der Waals surface area contributed by atoms with Crippen molar-refractivity contribution in [1.29, 1.82) is 0 Å². The number of anilines is 1. The Morgan fingerprint density at radius 1 is 1.14 bits per heavy atom.